The summed E-state index contributed by atoms with van der Waals surface area (Å²) in [5.41, 5.74) is 5.19. The quantitative estimate of drug-likeness (QED) is 0.303. The van der Waals surface area contributed by atoms with Crippen molar-refractivity contribution in [3.05, 3.63) is 0 Å². The number of nitrogens with two attached hydrogens (primary N) is 1. The van der Waals surface area contributed by atoms with Crippen LogP contribution in [0.25, 0.3) is 0 Å². The molecule has 5 N–H and O–H groups in total. The molecule has 126 valence electrons. The van der Waals surface area contributed by atoms with E-state index in [2.05, 4.69) is 6.92 Å². The predicted molar refractivity (Wildman–Crippen MR) is 80.7 cm³/mol. The molecular weight excluding hydrogens is 274 g/mol. The van der Waals surface area contributed by atoms with Gasteiger partial charge in [-0.25, -0.2) is 0 Å². The van der Waals surface area contributed by atoms with E-state index < -0.39 is 30.3 Å². The van der Waals surface area contributed by atoms with Gasteiger partial charge in [-0.1, -0.05) is 39.0 Å². The molecule has 0 radical (unpaired) electrons. The molecule has 0 aliphatic rings. The summed E-state index contributed by atoms with van der Waals surface area (Å²) in [5, 5.41) is 28.0. The SMILES string of the molecule is CCCCCCCCOC(C)C(O)CC(C(=O)O)C(N)O. The standard InChI is InChI=1S/C15H31NO5/c1-3-4-5-6-7-8-9-21-11(2)13(17)10-12(14(16)18)15(19)20/h11-14,17-18H,3-10,16H2,1-2H3,(H,19,20). The Kier molecular flexibility index (Phi) is 11.5. The Morgan fingerprint density at radius 3 is 2.24 bits per heavy atom. The fraction of sp³-hybridized carbons (Fsp3) is 0.933. The zero-order chi connectivity index (χ0) is 16.3. The summed E-state index contributed by atoms with van der Waals surface area (Å²) in [4.78, 5) is 10.9. The van der Waals surface area contributed by atoms with Crippen molar-refractivity contribution in [1.29, 1.82) is 0 Å². The molecule has 0 rings (SSSR count). The Labute approximate surface area is 127 Å². The lowest BCUT2D eigenvalue weighted by Gasteiger charge is -2.23. The molecule has 0 bridgehead atoms. The van der Waals surface area contributed by atoms with E-state index in [4.69, 9.17) is 15.6 Å². The van der Waals surface area contributed by atoms with Crippen molar-refractivity contribution < 1.29 is 24.9 Å². The van der Waals surface area contributed by atoms with E-state index >= 15 is 0 Å². The molecule has 0 aromatic carbocycles. The highest BCUT2D eigenvalue weighted by molar-refractivity contribution is 5.70. The van der Waals surface area contributed by atoms with Crippen LogP contribution in [-0.4, -0.2) is 46.3 Å². The average Bonchev–Trinajstić information content (AvgIpc) is 2.42. The number of aliphatic hydroxyl groups excluding tert-OH is 2. The molecule has 4 unspecified atom stereocenters. The second-order valence-corrected chi connectivity index (χ2v) is 5.58. The molecule has 0 aromatic heterocycles. The summed E-state index contributed by atoms with van der Waals surface area (Å²) in [7, 11) is 0. The smallest absolute Gasteiger partial charge is 0.310 e. The molecule has 0 saturated carbocycles. The molecule has 0 aliphatic carbocycles. The highest BCUT2D eigenvalue weighted by Crippen LogP contribution is 2.14. The minimum atomic E-state index is -1.48. The van der Waals surface area contributed by atoms with Gasteiger partial charge in [0.15, 0.2) is 0 Å². The van der Waals surface area contributed by atoms with Crippen molar-refractivity contribution in [2.24, 2.45) is 11.7 Å². The van der Waals surface area contributed by atoms with Crippen LogP contribution < -0.4 is 5.73 Å². The van der Waals surface area contributed by atoms with Crippen LogP contribution in [0.15, 0.2) is 0 Å². The molecule has 0 spiro atoms. The Morgan fingerprint density at radius 2 is 1.71 bits per heavy atom. The number of carboxylic acid groups (broad SMARTS) is 1. The first-order valence-electron chi connectivity index (χ1n) is 7.86. The maximum Gasteiger partial charge on any atom is 0.310 e. The molecular formula is C15H31NO5. The van der Waals surface area contributed by atoms with Crippen molar-refractivity contribution >= 4 is 5.97 Å². The Bertz CT molecular complexity index is 273. The van der Waals surface area contributed by atoms with Gasteiger partial charge in [-0.15, -0.1) is 0 Å². The Morgan fingerprint density at radius 1 is 1.14 bits per heavy atom. The number of unbranched alkanes of at least 4 members (excludes halogenated alkanes) is 5. The summed E-state index contributed by atoms with van der Waals surface area (Å²) >= 11 is 0. The molecule has 6 heteroatoms. The number of hydrogen-bond acceptors (Lipinski definition) is 5. The summed E-state index contributed by atoms with van der Waals surface area (Å²) in [6, 6.07) is 0. The summed E-state index contributed by atoms with van der Waals surface area (Å²) in [6.07, 6.45) is 3.91. The van der Waals surface area contributed by atoms with Crippen molar-refractivity contribution in [2.45, 2.75) is 77.2 Å². The first kappa shape index (κ1) is 20.3. The fourth-order valence-electron chi connectivity index (χ4n) is 2.10. The molecule has 4 atom stereocenters. The molecule has 0 aromatic rings. The van der Waals surface area contributed by atoms with Crippen molar-refractivity contribution in [1.82, 2.24) is 0 Å². The lowest BCUT2D eigenvalue weighted by molar-refractivity contribution is -0.148. The first-order chi connectivity index (χ1) is 9.90. The lowest BCUT2D eigenvalue weighted by atomic mass is 9.97. The summed E-state index contributed by atoms with van der Waals surface area (Å²) < 4.78 is 5.51. The van der Waals surface area contributed by atoms with Crippen LogP contribution in [0.3, 0.4) is 0 Å². The van der Waals surface area contributed by atoms with E-state index in [0.717, 1.165) is 12.8 Å². The third-order valence-electron chi connectivity index (χ3n) is 3.65. The monoisotopic (exact) mass is 305 g/mol. The maximum atomic E-state index is 10.9. The van der Waals surface area contributed by atoms with Gasteiger partial charge in [-0.3, -0.25) is 4.79 Å². The van der Waals surface area contributed by atoms with Gasteiger partial charge in [0.1, 0.15) is 6.23 Å². The fourth-order valence-corrected chi connectivity index (χ4v) is 2.10. The molecule has 0 fully saturated rings. The van der Waals surface area contributed by atoms with Crippen molar-refractivity contribution in [3.63, 3.8) is 0 Å². The molecule has 21 heavy (non-hydrogen) atoms. The molecule has 6 nitrogen and oxygen atoms in total. The van der Waals surface area contributed by atoms with Crippen LogP contribution in [0, 0.1) is 5.92 Å². The number of ether oxygens (including phenoxy) is 1. The van der Waals surface area contributed by atoms with E-state index in [9.17, 15) is 15.0 Å². The van der Waals surface area contributed by atoms with Crippen LogP contribution in [0.2, 0.25) is 0 Å². The molecule has 0 heterocycles. The van der Waals surface area contributed by atoms with Crippen molar-refractivity contribution in [2.75, 3.05) is 6.61 Å². The minimum Gasteiger partial charge on any atom is -0.481 e. The Hall–Kier alpha value is -0.690. The summed E-state index contributed by atoms with van der Waals surface area (Å²) in [6.45, 7) is 4.42. The number of aliphatic carboxylic acids is 1. The number of aliphatic hydroxyl groups is 2. The van der Waals surface area contributed by atoms with Gasteiger partial charge in [0.25, 0.3) is 0 Å². The van der Waals surface area contributed by atoms with E-state index in [-0.39, 0.29) is 6.42 Å². The first-order valence-corrected chi connectivity index (χ1v) is 7.86. The van der Waals surface area contributed by atoms with Gasteiger partial charge in [0.2, 0.25) is 0 Å². The topological polar surface area (TPSA) is 113 Å². The van der Waals surface area contributed by atoms with Gasteiger partial charge < -0.3 is 25.8 Å². The lowest BCUT2D eigenvalue weighted by Crippen LogP contribution is -2.40. The van der Waals surface area contributed by atoms with Crippen LogP contribution in [0.1, 0.15) is 58.8 Å². The van der Waals surface area contributed by atoms with E-state index in [0.29, 0.717) is 6.61 Å². The van der Waals surface area contributed by atoms with Crippen LogP contribution in [-0.2, 0) is 9.53 Å². The maximum absolute atomic E-state index is 10.9. The van der Waals surface area contributed by atoms with Gasteiger partial charge in [0, 0.05) is 6.61 Å². The van der Waals surface area contributed by atoms with E-state index in [1.54, 1.807) is 6.92 Å². The van der Waals surface area contributed by atoms with E-state index in [1.165, 1.54) is 25.7 Å². The second kappa shape index (κ2) is 11.9. The number of hydrogen-bond donors (Lipinski definition) is 4. The van der Waals surface area contributed by atoms with Crippen LogP contribution >= 0.6 is 0 Å². The van der Waals surface area contributed by atoms with Gasteiger partial charge >= 0.3 is 5.97 Å². The van der Waals surface area contributed by atoms with Crippen molar-refractivity contribution in [3.8, 4) is 0 Å². The van der Waals surface area contributed by atoms with E-state index in [1.807, 2.05) is 0 Å². The van der Waals surface area contributed by atoms with Crippen LogP contribution in [0.5, 0.6) is 0 Å². The average molecular weight is 305 g/mol. The van der Waals surface area contributed by atoms with Gasteiger partial charge in [-0.2, -0.15) is 0 Å². The predicted octanol–water partition coefficient (Wildman–Crippen LogP) is 1.48. The largest absolute Gasteiger partial charge is 0.481 e. The highest BCUT2D eigenvalue weighted by atomic mass is 16.5. The van der Waals surface area contributed by atoms with Gasteiger partial charge in [-0.05, 0) is 19.8 Å². The number of carbonyl (C=O) groups is 1. The zero-order valence-corrected chi connectivity index (χ0v) is 13.2. The molecule has 0 amide bonds. The normalized spacial score (nSPS) is 17.2. The molecule has 0 saturated heterocycles. The third kappa shape index (κ3) is 9.79. The second-order valence-electron chi connectivity index (χ2n) is 5.58. The highest BCUT2D eigenvalue weighted by Gasteiger charge is 2.29. The number of carboxylic acids is 1. The zero-order valence-electron chi connectivity index (χ0n) is 13.2. The third-order valence-corrected chi connectivity index (χ3v) is 3.65. The summed E-state index contributed by atoms with van der Waals surface area (Å²) in [5.74, 6) is -2.40. The van der Waals surface area contributed by atoms with Crippen LogP contribution in [0.4, 0.5) is 0 Å². The molecule has 0 aliphatic heterocycles. The van der Waals surface area contributed by atoms with Gasteiger partial charge in [0.05, 0.1) is 18.1 Å². The number of rotatable bonds is 13. The Balaban J connectivity index is 3.83. The minimum absolute atomic E-state index is 0.120.